The Bertz CT molecular complexity index is 1400. The summed E-state index contributed by atoms with van der Waals surface area (Å²) >= 11 is 1.81. The average Bonchev–Trinajstić information content (AvgIpc) is 3.41. The van der Waals surface area contributed by atoms with Gasteiger partial charge in [-0.2, -0.15) is 17.0 Å². The molecule has 0 aliphatic carbocycles. The molecule has 2 aromatic heterocycles. The van der Waals surface area contributed by atoms with Crippen molar-refractivity contribution in [1.29, 1.82) is 5.26 Å². The topological polar surface area (TPSA) is 125 Å². The van der Waals surface area contributed by atoms with Gasteiger partial charge in [0.15, 0.2) is 0 Å². The van der Waals surface area contributed by atoms with Crippen LogP contribution in [0.3, 0.4) is 0 Å². The van der Waals surface area contributed by atoms with Crippen molar-refractivity contribution < 1.29 is 4.79 Å². The van der Waals surface area contributed by atoms with Gasteiger partial charge < -0.3 is 16.5 Å². The van der Waals surface area contributed by atoms with Crippen molar-refractivity contribution in [3.05, 3.63) is 102 Å². The van der Waals surface area contributed by atoms with Gasteiger partial charge in [0, 0.05) is 17.6 Å². The summed E-state index contributed by atoms with van der Waals surface area (Å²) in [6.07, 6.45) is 3.36. The largest absolute Gasteiger partial charge is 0.382 e. The van der Waals surface area contributed by atoms with E-state index in [4.69, 9.17) is 5.73 Å². The number of benzene rings is 2. The maximum atomic E-state index is 13.7. The molecule has 2 aromatic carbocycles. The van der Waals surface area contributed by atoms with E-state index >= 15 is 0 Å². The van der Waals surface area contributed by atoms with Crippen molar-refractivity contribution in [2.75, 3.05) is 27.1 Å². The molecule has 10 heteroatoms. The summed E-state index contributed by atoms with van der Waals surface area (Å²) in [6, 6.07) is 25.3. The number of nitrogens with one attached hydrogen (secondary N) is 2. The Morgan fingerprint density at radius 2 is 1.84 bits per heavy atom. The van der Waals surface area contributed by atoms with E-state index in [1.165, 1.54) is 11.9 Å². The van der Waals surface area contributed by atoms with E-state index in [0.29, 0.717) is 17.9 Å². The van der Waals surface area contributed by atoms with Gasteiger partial charge in [0.05, 0.1) is 6.04 Å². The Kier molecular flexibility index (Phi) is 7.23. The molecule has 9 nitrogen and oxygen atoms in total. The zero-order valence-electron chi connectivity index (χ0n) is 20.0. The van der Waals surface area contributed by atoms with Crippen LogP contribution in [0, 0.1) is 11.3 Å². The van der Waals surface area contributed by atoms with Gasteiger partial charge in [-0.05, 0) is 42.0 Å². The minimum Gasteiger partial charge on any atom is -0.382 e. The Hall–Kier alpha value is -4.49. The molecule has 0 radical (unpaired) electrons. The highest BCUT2D eigenvalue weighted by Crippen LogP contribution is 2.28. The molecule has 5 rings (SSSR count). The molecule has 1 aliphatic heterocycles. The van der Waals surface area contributed by atoms with Crippen LogP contribution in [0.25, 0.3) is 0 Å². The molecule has 3 heterocycles. The average molecular weight is 511 g/mol. The van der Waals surface area contributed by atoms with E-state index in [0.717, 1.165) is 17.2 Å². The molecule has 186 valence electrons. The molecule has 1 amide bonds. The molecular weight excluding hydrogens is 484 g/mol. The van der Waals surface area contributed by atoms with Crippen LogP contribution >= 0.6 is 11.8 Å². The summed E-state index contributed by atoms with van der Waals surface area (Å²) in [7, 11) is 0. The highest BCUT2D eigenvalue weighted by atomic mass is 32.2. The second-order valence-corrected chi connectivity index (χ2v) is 9.63. The van der Waals surface area contributed by atoms with Gasteiger partial charge in [-0.25, -0.2) is 9.97 Å². The van der Waals surface area contributed by atoms with Gasteiger partial charge in [-0.3, -0.25) is 14.4 Å². The van der Waals surface area contributed by atoms with Gasteiger partial charge in [-0.15, -0.1) is 0 Å². The summed E-state index contributed by atoms with van der Waals surface area (Å²) < 4.78 is 1.75. The number of anilines is 3. The maximum Gasteiger partial charge on any atom is 0.278 e. The lowest BCUT2D eigenvalue weighted by Crippen LogP contribution is -2.60. The lowest BCUT2D eigenvalue weighted by atomic mass is 10.1. The third-order valence-corrected chi connectivity index (χ3v) is 7.21. The molecule has 37 heavy (non-hydrogen) atoms. The second kappa shape index (κ2) is 11.1. The number of carbonyl (C=O) groups is 1. The fourth-order valence-electron chi connectivity index (χ4n) is 4.33. The zero-order chi connectivity index (χ0) is 25.6. The lowest BCUT2D eigenvalue weighted by Gasteiger charge is -2.42. The molecule has 1 aliphatic rings. The monoisotopic (exact) mass is 510 g/mol. The predicted octanol–water partition coefficient (Wildman–Crippen LogP) is 4.07. The summed E-state index contributed by atoms with van der Waals surface area (Å²) in [5.41, 5.74) is 12.2. The van der Waals surface area contributed by atoms with Crippen LogP contribution in [0.4, 0.5) is 17.3 Å². The first-order valence-corrected chi connectivity index (χ1v) is 13.0. The van der Waals surface area contributed by atoms with Gasteiger partial charge in [-0.1, -0.05) is 48.5 Å². The van der Waals surface area contributed by atoms with Crippen molar-refractivity contribution in [3.63, 3.8) is 0 Å². The number of nitrogens with zero attached hydrogens (tertiary/aromatic N) is 5. The zero-order valence-corrected chi connectivity index (χ0v) is 20.8. The van der Waals surface area contributed by atoms with Crippen LogP contribution in [-0.2, 0) is 5.75 Å². The maximum absolute atomic E-state index is 13.7. The van der Waals surface area contributed by atoms with E-state index in [1.54, 1.807) is 27.4 Å². The molecule has 0 bridgehead atoms. The number of fused-ring (bicyclic) bond motifs is 1. The SMILES string of the molecule is N#Cc1c(N)ncnc1N[C@@H](CCSCc1ccccc1)C1Nn2cccc2C(=O)N1c1ccccc1. The molecule has 4 aromatic rings. The third-order valence-electron chi connectivity index (χ3n) is 6.15. The summed E-state index contributed by atoms with van der Waals surface area (Å²) in [4.78, 5) is 23.7. The minimum atomic E-state index is -0.477. The first-order chi connectivity index (χ1) is 18.2. The highest BCUT2D eigenvalue weighted by Gasteiger charge is 2.38. The number of aromatic nitrogens is 3. The molecule has 0 saturated carbocycles. The van der Waals surface area contributed by atoms with E-state index < -0.39 is 6.17 Å². The van der Waals surface area contributed by atoms with Crippen LogP contribution in [-0.4, -0.2) is 38.5 Å². The summed E-state index contributed by atoms with van der Waals surface area (Å²) in [5.74, 6) is 2.01. The van der Waals surface area contributed by atoms with Gasteiger partial charge in [0.2, 0.25) is 0 Å². The molecule has 2 atom stereocenters. The normalized spacial score (nSPS) is 15.4. The number of nitrogens with two attached hydrogens (primary N) is 1. The van der Waals surface area contributed by atoms with Gasteiger partial charge in [0.1, 0.15) is 41.5 Å². The Balaban J connectivity index is 1.46. The highest BCUT2D eigenvalue weighted by molar-refractivity contribution is 7.98. The number of thioether (sulfide) groups is 1. The number of nitriles is 1. The van der Waals surface area contributed by atoms with Crippen LogP contribution in [0.2, 0.25) is 0 Å². The Morgan fingerprint density at radius 3 is 2.59 bits per heavy atom. The van der Waals surface area contributed by atoms with Gasteiger partial charge in [0.25, 0.3) is 5.91 Å². The molecule has 0 saturated heterocycles. The van der Waals surface area contributed by atoms with E-state index in [1.807, 2.05) is 60.8 Å². The van der Waals surface area contributed by atoms with Crippen LogP contribution < -0.4 is 21.4 Å². The predicted molar refractivity (Wildman–Crippen MR) is 147 cm³/mol. The van der Waals surface area contributed by atoms with Crippen molar-refractivity contribution >= 4 is 35.0 Å². The van der Waals surface area contributed by atoms with Crippen molar-refractivity contribution in [2.45, 2.75) is 24.4 Å². The standard InChI is InChI=1S/C27H26N8OS/c28-16-21-24(29)30-18-31-25(21)32-22(13-15-37-17-19-8-3-1-4-9-19)26-33-34-14-7-12-23(34)27(36)35(26)20-10-5-2-6-11-20/h1-12,14,18,22,26,33H,13,15,17H2,(H3,29,30,31,32)/t22-,26?/m0/s1. The number of carbonyl (C=O) groups excluding carboxylic acids is 1. The lowest BCUT2D eigenvalue weighted by molar-refractivity contribution is 0.0954. The molecule has 0 fully saturated rings. The van der Waals surface area contributed by atoms with Crippen LogP contribution in [0.15, 0.2) is 85.3 Å². The van der Waals surface area contributed by atoms with E-state index in [2.05, 4.69) is 38.9 Å². The fourth-order valence-corrected chi connectivity index (χ4v) is 5.33. The molecular formula is C27H26N8OS. The molecule has 0 spiro atoms. The number of nitrogen functional groups attached to an aromatic ring is 1. The van der Waals surface area contributed by atoms with Gasteiger partial charge >= 0.3 is 0 Å². The number of amides is 1. The van der Waals surface area contributed by atoms with Crippen LogP contribution in [0.1, 0.15) is 28.0 Å². The van der Waals surface area contributed by atoms with Crippen molar-refractivity contribution in [3.8, 4) is 6.07 Å². The number of para-hydroxylation sites is 1. The Labute approximate surface area is 219 Å². The quantitative estimate of drug-likeness (QED) is 0.288. The molecule has 1 unspecified atom stereocenters. The van der Waals surface area contributed by atoms with Crippen molar-refractivity contribution in [1.82, 2.24) is 14.6 Å². The third kappa shape index (κ3) is 5.22. The summed E-state index contributed by atoms with van der Waals surface area (Å²) in [5, 5.41) is 13.1. The van der Waals surface area contributed by atoms with Crippen molar-refractivity contribution in [2.24, 2.45) is 0 Å². The first kappa shape index (κ1) is 24.2. The summed E-state index contributed by atoms with van der Waals surface area (Å²) in [6.45, 7) is 0. The van der Waals surface area contributed by atoms with E-state index in [-0.39, 0.29) is 23.3 Å². The fraction of sp³-hybridized carbons (Fsp3) is 0.185. The Morgan fingerprint density at radius 1 is 1.08 bits per heavy atom. The number of rotatable bonds is 9. The smallest absolute Gasteiger partial charge is 0.278 e. The van der Waals surface area contributed by atoms with Crippen LogP contribution in [0.5, 0.6) is 0 Å². The number of hydrogen-bond acceptors (Lipinski definition) is 8. The van der Waals surface area contributed by atoms with E-state index in [9.17, 15) is 10.1 Å². The first-order valence-electron chi connectivity index (χ1n) is 11.9. The minimum absolute atomic E-state index is 0.109. The number of hydrogen-bond donors (Lipinski definition) is 3. The molecule has 4 N–H and O–H groups in total. The second-order valence-electron chi connectivity index (χ2n) is 8.52.